The van der Waals surface area contributed by atoms with Crippen molar-refractivity contribution in [1.29, 1.82) is 0 Å². The number of hydrogen-bond acceptors (Lipinski definition) is 2. The minimum Gasteiger partial charge on any atom is -0.492 e. The summed E-state index contributed by atoms with van der Waals surface area (Å²) in [6.07, 6.45) is 11.8. The molecule has 1 aliphatic rings. The van der Waals surface area contributed by atoms with E-state index in [0.717, 1.165) is 12.2 Å². The predicted octanol–water partition coefficient (Wildman–Crippen LogP) is 6.78. The molecule has 0 spiro atoms. The second kappa shape index (κ2) is 10.4. The predicted molar refractivity (Wildman–Crippen MR) is 148 cm³/mol. The van der Waals surface area contributed by atoms with Gasteiger partial charge in [0.15, 0.2) is 0 Å². The van der Waals surface area contributed by atoms with Gasteiger partial charge in [0.2, 0.25) is 0 Å². The lowest BCUT2D eigenvalue weighted by Crippen LogP contribution is -2.24. The van der Waals surface area contributed by atoms with Crippen LogP contribution < -0.4 is 15.3 Å². The first kappa shape index (κ1) is 25.4. The zero-order valence-corrected chi connectivity index (χ0v) is 22.6. The van der Waals surface area contributed by atoms with Crippen LogP contribution in [0.2, 0.25) is 0 Å². The van der Waals surface area contributed by atoms with Gasteiger partial charge in [0.05, 0.1) is 6.61 Å². The maximum atomic E-state index is 6.69. The van der Waals surface area contributed by atoms with Crippen LogP contribution in [0, 0.1) is 12.8 Å². The molecule has 3 heteroatoms. The summed E-state index contributed by atoms with van der Waals surface area (Å²) in [6.45, 7) is 16.6. The van der Waals surface area contributed by atoms with Crippen molar-refractivity contribution in [3.8, 4) is 5.75 Å². The van der Waals surface area contributed by atoms with Crippen LogP contribution in [-0.2, 0) is 10.8 Å². The Kier molecular flexibility index (Phi) is 8.01. The lowest BCUT2D eigenvalue weighted by Gasteiger charge is -2.30. The Hall–Kier alpha value is -2.18. The van der Waals surface area contributed by atoms with Crippen LogP contribution in [-0.4, -0.2) is 19.9 Å². The smallest absolute Gasteiger partial charge is 0.130 e. The van der Waals surface area contributed by atoms with Crippen molar-refractivity contribution in [2.75, 3.05) is 13.7 Å². The Morgan fingerprint density at radius 3 is 2.36 bits per heavy atom. The van der Waals surface area contributed by atoms with Crippen molar-refractivity contribution in [3.63, 3.8) is 0 Å². The van der Waals surface area contributed by atoms with Crippen LogP contribution in [0.15, 0.2) is 59.6 Å². The quantitative estimate of drug-likeness (QED) is 0.343. The van der Waals surface area contributed by atoms with Crippen LogP contribution in [0.5, 0.6) is 5.75 Å². The van der Waals surface area contributed by atoms with E-state index in [9.17, 15) is 0 Å². The molecule has 2 aromatic carbocycles. The van der Waals surface area contributed by atoms with E-state index in [1.54, 1.807) is 0 Å². The van der Waals surface area contributed by atoms with Crippen LogP contribution in [0.4, 0.5) is 0 Å². The molecule has 2 unspecified atom stereocenters. The van der Waals surface area contributed by atoms with Gasteiger partial charge >= 0.3 is 0 Å². The van der Waals surface area contributed by atoms with Crippen molar-refractivity contribution in [1.82, 2.24) is 0 Å². The Morgan fingerprint density at radius 1 is 1.00 bits per heavy atom. The highest BCUT2D eigenvalue weighted by Gasteiger charge is 2.27. The minimum atomic E-state index is -0.0148. The molecule has 0 saturated heterocycles. The van der Waals surface area contributed by atoms with Crippen LogP contribution in [0.25, 0.3) is 0 Å². The number of hydrogen-bond donors (Lipinski definition) is 0. The second-order valence-electron chi connectivity index (χ2n) is 11.1. The Morgan fingerprint density at radius 2 is 1.76 bits per heavy atom. The van der Waals surface area contributed by atoms with Gasteiger partial charge in [-0.3, -0.25) is 4.99 Å². The van der Waals surface area contributed by atoms with Gasteiger partial charge in [-0.25, -0.2) is 0 Å². The van der Waals surface area contributed by atoms with Gasteiger partial charge in [-0.1, -0.05) is 98.2 Å². The summed E-state index contributed by atoms with van der Waals surface area (Å²) in [5.41, 5.74) is 5.16. The van der Waals surface area contributed by atoms with Crippen molar-refractivity contribution in [3.05, 3.63) is 76.9 Å². The third kappa shape index (κ3) is 6.67. The minimum absolute atomic E-state index is 0.0148. The molecule has 2 atom stereocenters. The van der Waals surface area contributed by atoms with Crippen molar-refractivity contribution in [2.45, 2.75) is 65.7 Å². The fourth-order valence-corrected chi connectivity index (χ4v) is 5.29. The van der Waals surface area contributed by atoms with E-state index in [-0.39, 0.29) is 10.8 Å². The topological polar surface area (TPSA) is 21.6 Å². The van der Waals surface area contributed by atoms with Crippen molar-refractivity contribution >= 4 is 25.4 Å². The Balaban J connectivity index is 2.12. The van der Waals surface area contributed by atoms with Crippen LogP contribution in [0.1, 0.15) is 70.2 Å². The van der Waals surface area contributed by atoms with E-state index in [0.29, 0.717) is 21.1 Å². The molecular formula is C30H40NOP. The molecule has 0 bridgehead atoms. The third-order valence-corrected chi connectivity index (χ3v) is 7.38. The van der Waals surface area contributed by atoms with E-state index >= 15 is 0 Å². The summed E-state index contributed by atoms with van der Waals surface area (Å²) >= 11 is 0. The number of allylic oxidation sites excluding steroid dienone is 3. The fraction of sp³-hybridized carbons (Fsp3) is 0.433. The maximum absolute atomic E-state index is 6.69. The third-order valence-electron chi connectivity index (χ3n) is 6.02. The molecule has 0 aliphatic heterocycles. The molecule has 1 aliphatic carbocycles. The van der Waals surface area contributed by atoms with E-state index in [1.807, 2.05) is 13.3 Å². The van der Waals surface area contributed by atoms with Crippen LogP contribution in [0.3, 0.4) is 0 Å². The number of nitrogens with zero attached hydrogens (tertiary/aromatic N) is 1. The van der Waals surface area contributed by atoms with E-state index in [2.05, 4.69) is 108 Å². The highest BCUT2D eigenvalue weighted by atomic mass is 31.1. The molecule has 2 nitrogen and oxygen atoms in total. The SMILES string of the molecule is CN=Cc1cc(C)ccc1Pc1cc(C(C)(C)C)cc(C(C)(C)C)c1OCC1C=CC=CC1. The fourth-order valence-electron chi connectivity index (χ4n) is 4.00. The van der Waals surface area contributed by atoms with Gasteiger partial charge in [-0.05, 0) is 47.2 Å². The molecule has 33 heavy (non-hydrogen) atoms. The summed E-state index contributed by atoms with van der Waals surface area (Å²) in [6, 6.07) is 11.4. The number of rotatable bonds is 6. The molecule has 0 heterocycles. The highest BCUT2D eigenvalue weighted by molar-refractivity contribution is 7.56. The Labute approximate surface area is 203 Å². The van der Waals surface area contributed by atoms with Gasteiger partial charge < -0.3 is 4.74 Å². The second-order valence-corrected chi connectivity index (χ2v) is 12.5. The number of aryl methyl sites for hydroxylation is 1. The number of aliphatic imine (C=N–C) groups is 1. The molecule has 0 fully saturated rings. The lowest BCUT2D eigenvalue weighted by molar-refractivity contribution is 0.271. The molecule has 0 aromatic heterocycles. The standard InChI is InChI=1S/C30H40NOP/c1-21-14-15-26(23(16-21)19-31-8)33-27-18-24(29(2,3)4)17-25(30(5,6)7)28(27)32-20-22-12-10-9-11-13-22/h9-12,14-19,22,33H,13,20H2,1-8H3. The first-order chi connectivity index (χ1) is 15.5. The maximum Gasteiger partial charge on any atom is 0.130 e. The average Bonchev–Trinajstić information content (AvgIpc) is 2.74. The van der Waals surface area contributed by atoms with Crippen molar-refractivity contribution in [2.24, 2.45) is 10.9 Å². The first-order valence-electron chi connectivity index (χ1n) is 11.9. The van der Waals surface area contributed by atoms with E-state index in [4.69, 9.17) is 4.74 Å². The van der Waals surface area contributed by atoms with Crippen LogP contribution >= 0.6 is 8.58 Å². The molecule has 176 valence electrons. The van der Waals surface area contributed by atoms with Gasteiger partial charge in [-0.15, -0.1) is 0 Å². The summed E-state index contributed by atoms with van der Waals surface area (Å²) in [4.78, 5) is 4.32. The zero-order valence-electron chi connectivity index (χ0n) is 21.6. The van der Waals surface area contributed by atoms with E-state index < -0.39 is 0 Å². The number of benzene rings is 2. The summed E-state index contributed by atoms with van der Waals surface area (Å²) < 4.78 is 6.69. The number of ether oxygens (including phenoxy) is 1. The highest BCUT2D eigenvalue weighted by Crippen LogP contribution is 2.37. The van der Waals surface area contributed by atoms with Gasteiger partial charge in [0, 0.05) is 35.6 Å². The largest absolute Gasteiger partial charge is 0.492 e. The normalized spacial score (nSPS) is 16.9. The molecule has 3 rings (SSSR count). The molecule has 0 saturated carbocycles. The summed E-state index contributed by atoms with van der Waals surface area (Å²) in [5, 5.41) is 2.60. The van der Waals surface area contributed by atoms with Crippen molar-refractivity contribution < 1.29 is 4.74 Å². The zero-order chi connectivity index (χ0) is 24.2. The molecule has 0 radical (unpaired) electrons. The summed E-state index contributed by atoms with van der Waals surface area (Å²) in [7, 11) is 2.34. The van der Waals surface area contributed by atoms with Gasteiger partial charge in [0.1, 0.15) is 5.75 Å². The summed E-state index contributed by atoms with van der Waals surface area (Å²) in [5.74, 6) is 1.49. The average molecular weight is 462 g/mol. The molecular weight excluding hydrogens is 421 g/mol. The molecule has 0 amide bonds. The monoisotopic (exact) mass is 461 g/mol. The molecule has 0 N–H and O–H groups in total. The van der Waals surface area contributed by atoms with Gasteiger partial charge in [0.25, 0.3) is 0 Å². The van der Waals surface area contributed by atoms with E-state index in [1.165, 1.54) is 32.9 Å². The Bertz CT molecular complexity index is 1060. The van der Waals surface area contributed by atoms with Gasteiger partial charge in [-0.2, -0.15) is 0 Å². The first-order valence-corrected chi connectivity index (χ1v) is 12.9. The lowest BCUT2D eigenvalue weighted by atomic mass is 9.80. The molecule has 2 aromatic rings.